The number of rotatable bonds is 11. The van der Waals surface area contributed by atoms with Gasteiger partial charge in [0.2, 0.25) is 0 Å². The Hall–Kier alpha value is -4.96. The summed E-state index contributed by atoms with van der Waals surface area (Å²) in [6, 6.07) is 40.2. The van der Waals surface area contributed by atoms with Crippen molar-refractivity contribution in [2.75, 3.05) is 13.6 Å². The topological polar surface area (TPSA) is 99.5 Å². The van der Waals surface area contributed by atoms with Crippen LogP contribution >= 0.6 is 0 Å². The summed E-state index contributed by atoms with van der Waals surface area (Å²) in [5.74, 6) is -0.583. The minimum atomic E-state index is -0.661. The van der Waals surface area contributed by atoms with Crippen LogP contribution < -0.4 is 0 Å². The summed E-state index contributed by atoms with van der Waals surface area (Å²) in [7, 11) is 2.01. The zero-order valence-electron chi connectivity index (χ0n) is 29.6. The van der Waals surface area contributed by atoms with Gasteiger partial charge in [-0.05, 0) is 59.5 Å². The van der Waals surface area contributed by atoms with Crippen LogP contribution in [0.5, 0.6) is 0 Å². The van der Waals surface area contributed by atoms with E-state index in [4.69, 9.17) is 9.47 Å². The molecule has 2 aliphatic heterocycles. The van der Waals surface area contributed by atoms with Crippen molar-refractivity contribution in [3.05, 3.63) is 166 Å². The fraction of sp³-hybridized carbons (Fsp3) is 0.273. The van der Waals surface area contributed by atoms with E-state index in [1.165, 1.54) is 4.90 Å². The van der Waals surface area contributed by atoms with Crippen molar-refractivity contribution >= 4 is 11.8 Å². The third kappa shape index (κ3) is 7.08. The van der Waals surface area contributed by atoms with Crippen LogP contribution in [0.2, 0.25) is 0 Å². The maximum atomic E-state index is 13.1. The van der Waals surface area contributed by atoms with Crippen LogP contribution in [-0.4, -0.2) is 57.6 Å². The van der Waals surface area contributed by atoms with Gasteiger partial charge < -0.3 is 19.7 Å². The Kier molecular flexibility index (Phi) is 10.5. The lowest BCUT2D eigenvalue weighted by molar-refractivity contribution is -0.276. The number of aliphatic hydroxyl groups is 2. The molecule has 7 rings (SSSR count). The van der Waals surface area contributed by atoms with Gasteiger partial charge in [-0.3, -0.25) is 19.4 Å². The van der Waals surface area contributed by atoms with Crippen LogP contribution in [0.15, 0.2) is 127 Å². The van der Waals surface area contributed by atoms with Gasteiger partial charge >= 0.3 is 0 Å². The van der Waals surface area contributed by atoms with Gasteiger partial charge in [-0.1, -0.05) is 122 Å². The van der Waals surface area contributed by atoms with Gasteiger partial charge in [-0.15, -0.1) is 0 Å². The lowest BCUT2D eigenvalue weighted by Crippen LogP contribution is -2.46. The van der Waals surface area contributed by atoms with Crippen molar-refractivity contribution in [3.63, 3.8) is 0 Å². The second-order valence-corrected chi connectivity index (χ2v) is 13.9. The van der Waals surface area contributed by atoms with Gasteiger partial charge in [0, 0.05) is 24.1 Å². The van der Waals surface area contributed by atoms with E-state index in [1.807, 2.05) is 117 Å². The molecular weight excluding hydrogens is 652 g/mol. The number of fused-ring (bicyclic) bond motifs is 1. The predicted octanol–water partition coefficient (Wildman–Crippen LogP) is 7.49. The molecule has 1 saturated heterocycles. The molecule has 6 atom stereocenters. The SMILES string of the molecule is C[C@@H]1[C@H](CN(C)[C@@H](C)[C@H](O)c2ccccc2)O[C@H](c2ccc(-c3ccccc3CN3C(=O)c4ccccc4C3=O)cc2)O[C@@H]1c1ccc(CO)cc1. The largest absolute Gasteiger partial charge is 0.392 e. The molecule has 0 saturated carbocycles. The summed E-state index contributed by atoms with van der Waals surface area (Å²) in [5.41, 5.74) is 7.16. The molecule has 8 nitrogen and oxygen atoms in total. The van der Waals surface area contributed by atoms with Crippen molar-refractivity contribution in [2.24, 2.45) is 5.92 Å². The highest BCUT2D eigenvalue weighted by Crippen LogP contribution is 2.42. The maximum absolute atomic E-state index is 13.1. The molecule has 1 fully saturated rings. The van der Waals surface area contributed by atoms with E-state index in [0.717, 1.165) is 38.9 Å². The van der Waals surface area contributed by atoms with E-state index < -0.39 is 12.4 Å². The molecule has 2 N–H and O–H groups in total. The molecule has 2 aliphatic rings. The van der Waals surface area contributed by atoms with Gasteiger partial charge in [0.15, 0.2) is 6.29 Å². The number of ether oxygens (including phenoxy) is 2. The summed E-state index contributed by atoms with van der Waals surface area (Å²) in [4.78, 5) is 29.7. The molecule has 52 heavy (non-hydrogen) atoms. The lowest BCUT2D eigenvalue weighted by Gasteiger charge is -2.43. The Bertz CT molecular complexity index is 1980. The third-order valence-electron chi connectivity index (χ3n) is 10.6. The van der Waals surface area contributed by atoms with Crippen LogP contribution in [0.3, 0.4) is 0 Å². The van der Waals surface area contributed by atoms with Gasteiger partial charge in [-0.2, -0.15) is 0 Å². The number of benzene rings is 5. The molecule has 5 aromatic carbocycles. The minimum Gasteiger partial charge on any atom is -0.392 e. The summed E-state index contributed by atoms with van der Waals surface area (Å²) < 4.78 is 13.4. The summed E-state index contributed by atoms with van der Waals surface area (Å²) in [6.07, 6.45) is -1.82. The Morgan fingerprint density at radius 2 is 1.31 bits per heavy atom. The first-order chi connectivity index (χ1) is 25.2. The van der Waals surface area contributed by atoms with Crippen molar-refractivity contribution in [1.82, 2.24) is 9.80 Å². The van der Waals surface area contributed by atoms with Crippen molar-refractivity contribution in [3.8, 4) is 11.1 Å². The Labute approximate surface area is 304 Å². The monoisotopic (exact) mass is 696 g/mol. The normalized spacial score (nSPS) is 21.3. The van der Waals surface area contributed by atoms with E-state index >= 15 is 0 Å². The fourth-order valence-corrected chi connectivity index (χ4v) is 7.26. The van der Waals surface area contributed by atoms with Crippen LogP contribution in [0, 0.1) is 5.92 Å². The molecule has 2 amide bonds. The van der Waals surface area contributed by atoms with Gasteiger partial charge in [0.1, 0.15) is 0 Å². The highest BCUT2D eigenvalue weighted by molar-refractivity contribution is 6.21. The average molecular weight is 697 g/mol. The number of hydrogen-bond acceptors (Lipinski definition) is 7. The highest BCUT2D eigenvalue weighted by Gasteiger charge is 2.40. The second-order valence-electron chi connectivity index (χ2n) is 13.9. The number of amides is 2. The molecule has 5 aromatic rings. The predicted molar refractivity (Wildman–Crippen MR) is 199 cm³/mol. The second kappa shape index (κ2) is 15.3. The van der Waals surface area contributed by atoms with E-state index in [2.05, 4.69) is 11.8 Å². The molecule has 8 heteroatoms. The molecular formula is C44H44N2O6. The van der Waals surface area contributed by atoms with Crippen molar-refractivity contribution in [1.29, 1.82) is 0 Å². The van der Waals surface area contributed by atoms with E-state index in [-0.39, 0.29) is 49.1 Å². The lowest BCUT2D eigenvalue weighted by atomic mass is 9.89. The number of likely N-dealkylation sites (N-methyl/N-ethyl adjacent to an activating group) is 1. The molecule has 0 unspecified atom stereocenters. The van der Waals surface area contributed by atoms with Crippen LogP contribution in [-0.2, 0) is 22.6 Å². The van der Waals surface area contributed by atoms with Gasteiger partial charge in [0.25, 0.3) is 11.8 Å². The smallest absolute Gasteiger partial charge is 0.261 e. The molecule has 0 aromatic heterocycles. The summed E-state index contributed by atoms with van der Waals surface area (Å²) >= 11 is 0. The first kappa shape index (κ1) is 35.4. The van der Waals surface area contributed by atoms with Crippen molar-refractivity contribution < 1.29 is 29.3 Å². The standard InChI is InChI=1S/C44H44N2O6/c1-28-39(26-45(3)29(2)40(48)32-11-5-4-6-12-32)51-44(52-41(28)33-19-17-30(27-47)18-20-33)34-23-21-31(22-24-34)36-14-8-7-13-35(36)25-46-42(49)37-15-9-10-16-38(37)43(46)50/h4-24,28-29,39-41,44,47-48H,25-27H2,1-3H3/t28-,29+,39+,40+,41+,44+/m1/s1. The number of carbonyl (C=O) groups excluding carboxylic acids is 2. The van der Waals surface area contributed by atoms with E-state index in [1.54, 1.807) is 24.3 Å². The third-order valence-corrected chi connectivity index (χ3v) is 10.6. The van der Waals surface area contributed by atoms with E-state index in [9.17, 15) is 19.8 Å². The molecule has 0 bridgehead atoms. The van der Waals surface area contributed by atoms with Crippen LogP contribution in [0.25, 0.3) is 11.1 Å². The Balaban J connectivity index is 1.13. The Morgan fingerprint density at radius 1 is 0.731 bits per heavy atom. The number of carbonyl (C=O) groups is 2. The number of nitrogens with zero attached hydrogens (tertiary/aromatic N) is 2. The first-order valence-corrected chi connectivity index (χ1v) is 17.8. The molecule has 2 heterocycles. The molecule has 266 valence electrons. The average Bonchev–Trinajstić information content (AvgIpc) is 3.43. The van der Waals surface area contributed by atoms with Crippen molar-refractivity contribution in [2.45, 2.75) is 57.6 Å². The molecule has 0 spiro atoms. The highest BCUT2D eigenvalue weighted by atomic mass is 16.7. The number of hydrogen-bond donors (Lipinski definition) is 2. The van der Waals surface area contributed by atoms with Gasteiger partial charge in [-0.25, -0.2) is 0 Å². The number of aliphatic hydroxyl groups excluding tert-OH is 2. The first-order valence-electron chi connectivity index (χ1n) is 17.8. The minimum absolute atomic E-state index is 0.0203. The zero-order valence-corrected chi connectivity index (χ0v) is 29.6. The number of imide groups is 1. The maximum Gasteiger partial charge on any atom is 0.261 e. The fourth-order valence-electron chi connectivity index (χ4n) is 7.26. The van der Waals surface area contributed by atoms with Crippen LogP contribution in [0.1, 0.15) is 80.9 Å². The molecule has 0 radical (unpaired) electrons. The molecule has 0 aliphatic carbocycles. The quantitative estimate of drug-likeness (QED) is 0.138. The van der Waals surface area contributed by atoms with Crippen LogP contribution in [0.4, 0.5) is 0 Å². The summed E-state index contributed by atoms with van der Waals surface area (Å²) in [6.45, 7) is 4.86. The van der Waals surface area contributed by atoms with Gasteiger partial charge in [0.05, 0.1) is 42.6 Å². The zero-order chi connectivity index (χ0) is 36.4. The Morgan fingerprint density at radius 3 is 1.94 bits per heavy atom. The van der Waals surface area contributed by atoms with E-state index in [0.29, 0.717) is 17.7 Å². The summed E-state index contributed by atoms with van der Waals surface area (Å²) in [5, 5.41) is 20.8.